The summed E-state index contributed by atoms with van der Waals surface area (Å²) in [5.41, 5.74) is 0. The van der Waals surface area contributed by atoms with Gasteiger partial charge in [0.25, 0.3) is 0 Å². The molecule has 1 amide bonds. The fraction of sp³-hybridized carbons (Fsp3) is 0.929. The molecule has 0 N–H and O–H groups in total. The minimum absolute atomic E-state index is 0.146. The molecule has 0 aromatic heterocycles. The third-order valence-electron chi connectivity index (χ3n) is 4.39. The highest BCUT2D eigenvalue weighted by Gasteiger charge is 2.31. The molecular weight excluding hydrogens is 226 g/mol. The van der Waals surface area contributed by atoms with Crippen LogP contribution in [0.25, 0.3) is 0 Å². The van der Waals surface area contributed by atoms with E-state index in [1.54, 1.807) is 4.90 Å². The van der Waals surface area contributed by atoms with Gasteiger partial charge in [0.2, 0.25) is 5.91 Å². The van der Waals surface area contributed by atoms with Gasteiger partial charge in [-0.25, -0.2) is 0 Å². The second-order valence-corrected chi connectivity index (χ2v) is 6.13. The second-order valence-electron chi connectivity index (χ2n) is 6.13. The first-order valence-corrected chi connectivity index (χ1v) is 7.21. The Morgan fingerprint density at radius 1 is 1.11 bits per heavy atom. The van der Waals surface area contributed by atoms with Gasteiger partial charge in [-0.1, -0.05) is 12.8 Å². The van der Waals surface area contributed by atoms with Gasteiger partial charge in [0.1, 0.15) is 0 Å². The highest BCUT2D eigenvalue weighted by atomic mass is 16.2. The molecule has 0 aromatic carbocycles. The number of hydrogen-bond acceptors (Lipinski definition) is 3. The average molecular weight is 253 g/mol. The van der Waals surface area contributed by atoms with Gasteiger partial charge in [-0.05, 0) is 19.9 Å². The average Bonchev–Trinajstić information content (AvgIpc) is 2.79. The SMILES string of the molecule is CN1CCN(C2CCCC2)C[C@H](C(=O)N(C)C)C1. The molecule has 2 rings (SSSR count). The molecule has 0 aromatic rings. The van der Waals surface area contributed by atoms with Crippen LogP contribution in [0.15, 0.2) is 0 Å². The van der Waals surface area contributed by atoms with Crippen molar-refractivity contribution in [2.45, 2.75) is 31.7 Å². The molecule has 104 valence electrons. The van der Waals surface area contributed by atoms with E-state index in [4.69, 9.17) is 0 Å². The zero-order valence-electron chi connectivity index (χ0n) is 12.1. The van der Waals surface area contributed by atoms with Gasteiger partial charge in [0, 0.05) is 46.3 Å². The summed E-state index contributed by atoms with van der Waals surface area (Å²) in [4.78, 5) is 18.9. The monoisotopic (exact) mass is 253 g/mol. The Kier molecular flexibility index (Phi) is 4.62. The number of carbonyl (C=O) groups is 1. The van der Waals surface area contributed by atoms with Gasteiger partial charge in [-0.15, -0.1) is 0 Å². The highest BCUT2D eigenvalue weighted by Crippen LogP contribution is 2.25. The van der Waals surface area contributed by atoms with E-state index in [2.05, 4.69) is 16.8 Å². The topological polar surface area (TPSA) is 26.8 Å². The smallest absolute Gasteiger partial charge is 0.227 e. The molecule has 1 saturated carbocycles. The molecule has 1 atom stereocenters. The fourth-order valence-electron chi connectivity index (χ4n) is 3.32. The van der Waals surface area contributed by atoms with Gasteiger partial charge >= 0.3 is 0 Å². The maximum atomic E-state index is 12.2. The minimum Gasteiger partial charge on any atom is -0.348 e. The molecule has 1 aliphatic carbocycles. The molecule has 1 heterocycles. The van der Waals surface area contributed by atoms with E-state index < -0.39 is 0 Å². The Hall–Kier alpha value is -0.610. The normalized spacial score (nSPS) is 28.3. The third kappa shape index (κ3) is 3.23. The maximum Gasteiger partial charge on any atom is 0.227 e. The zero-order valence-corrected chi connectivity index (χ0v) is 12.1. The van der Waals surface area contributed by atoms with E-state index >= 15 is 0 Å². The molecular formula is C14H27N3O. The van der Waals surface area contributed by atoms with Crippen molar-refractivity contribution in [3.63, 3.8) is 0 Å². The summed E-state index contributed by atoms with van der Waals surface area (Å²) in [5.74, 6) is 0.430. The van der Waals surface area contributed by atoms with Gasteiger partial charge in [-0.2, -0.15) is 0 Å². The summed E-state index contributed by atoms with van der Waals surface area (Å²) >= 11 is 0. The highest BCUT2D eigenvalue weighted by molar-refractivity contribution is 5.78. The molecule has 0 bridgehead atoms. The van der Waals surface area contributed by atoms with Crippen LogP contribution in [0.3, 0.4) is 0 Å². The fourth-order valence-corrected chi connectivity index (χ4v) is 3.32. The van der Waals surface area contributed by atoms with Crippen LogP contribution < -0.4 is 0 Å². The first-order chi connectivity index (χ1) is 8.58. The van der Waals surface area contributed by atoms with Gasteiger partial charge < -0.3 is 9.80 Å². The molecule has 0 spiro atoms. The van der Waals surface area contributed by atoms with Crippen molar-refractivity contribution in [1.82, 2.24) is 14.7 Å². The van der Waals surface area contributed by atoms with Crippen LogP contribution in [-0.2, 0) is 4.79 Å². The van der Waals surface area contributed by atoms with Crippen molar-refractivity contribution < 1.29 is 4.79 Å². The van der Waals surface area contributed by atoms with E-state index in [1.807, 2.05) is 14.1 Å². The summed E-state index contributed by atoms with van der Waals surface area (Å²) < 4.78 is 0. The molecule has 0 radical (unpaired) electrons. The number of rotatable bonds is 2. The van der Waals surface area contributed by atoms with Crippen molar-refractivity contribution in [3.05, 3.63) is 0 Å². The molecule has 4 heteroatoms. The molecule has 18 heavy (non-hydrogen) atoms. The number of amides is 1. The van der Waals surface area contributed by atoms with E-state index in [1.165, 1.54) is 25.7 Å². The summed E-state index contributed by atoms with van der Waals surface area (Å²) in [5, 5.41) is 0. The quantitative estimate of drug-likeness (QED) is 0.731. The maximum absolute atomic E-state index is 12.2. The summed E-state index contributed by atoms with van der Waals surface area (Å²) in [6.45, 7) is 4.07. The van der Waals surface area contributed by atoms with Gasteiger partial charge in [0.15, 0.2) is 0 Å². The lowest BCUT2D eigenvalue weighted by molar-refractivity contribution is -0.133. The molecule has 1 aliphatic heterocycles. The predicted octanol–water partition coefficient (Wildman–Crippen LogP) is 0.881. The Morgan fingerprint density at radius 3 is 2.39 bits per heavy atom. The molecule has 1 saturated heterocycles. The summed E-state index contributed by atoms with van der Waals surface area (Å²) in [6, 6.07) is 0.731. The second kappa shape index (κ2) is 6.02. The van der Waals surface area contributed by atoms with Crippen LogP contribution in [-0.4, -0.2) is 74.0 Å². The van der Waals surface area contributed by atoms with E-state index in [-0.39, 0.29) is 11.8 Å². The Bertz CT molecular complexity index is 287. The van der Waals surface area contributed by atoms with E-state index in [0.29, 0.717) is 0 Å². The number of hydrogen-bond donors (Lipinski definition) is 0. The first-order valence-electron chi connectivity index (χ1n) is 7.21. The Labute approximate surface area is 111 Å². The van der Waals surface area contributed by atoms with Crippen molar-refractivity contribution in [2.75, 3.05) is 47.3 Å². The van der Waals surface area contributed by atoms with Crippen LogP contribution in [0.4, 0.5) is 0 Å². The van der Waals surface area contributed by atoms with E-state index in [0.717, 1.165) is 32.2 Å². The van der Waals surface area contributed by atoms with E-state index in [9.17, 15) is 4.79 Å². The zero-order chi connectivity index (χ0) is 13.1. The van der Waals surface area contributed by atoms with Gasteiger partial charge in [0.05, 0.1) is 5.92 Å². The molecule has 4 nitrogen and oxygen atoms in total. The van der Waals surface area contributed by atoms with Crippen LogP contribution in [0, 0.1) is 5.92 Å². The van der Waals surface area contributed by atoms with Crippen molar-refractivity contribution in [3.8, 4) is 0 Å². The predicted molar refractivity (Wildman–Crippen MR) is 73.5 cm³/mol. The van der Waals surface area contributed by atoms with Crippen LogP contribution >= 0.6 is 0 Å². The molecule has 2 aliphatic rings. The Balaban J connectivity index is 2.02. The van der Waals surface area contributed by atoms with Crippen LogP contribution in [0.2, 0.25) is 0 Å². The molecule has 2 fully saturated rings. The van der Waals surface area contributed by atoms with Gasteiger partial charge in [-0.3, -0.25) is 9.69 Å². The number of nitrogens with zero attached hydrogens (tertiary/aromatic N) is 3. The summed E-state index contributed by atoms with van der Waals surface area (Å²) in [7, 11) is 5.87. The number of likely N-dealkylation sites (N-methyl/N-ethyl adjacent to an activating group) is 1. The van der Waals surface area contributed by atoms with Crippen molar-refractivity contribution in [2.24, 2.45) is 5.92 Å². The summed E-state index contributed by atoms with van der Waals surface area (Å²) in [6.07, 6.45) is 5.38. The van der Waals surface area contributed by atoms with Crippen LogP contribution in [0.1, 0.15) is 25.7 Å². The largest absolute Gasteiger partial charge is 0.348 e. The van der Waals surface area contributed by atoms with Crippen molar-refractivity contribution in [1.29, 1.82) is 0 Å². The lowest BCUT2D eigenvalue weighted by atomic mass is 10.1. The first kappa shape index (κ1) is 13.8. The lowest BCUT2D eigenvalue weighted by Crippen LogP contribution is -2.42. The standard InChI is InChI=1S/C14H27N3O/c1-15(2)14(18)12-10-16(3)8-9-17(11-12)13-6-4-5-7-13/h12-13H,4-11H2,1-3H3/t12-/m1/s1. The minimum atomic E-state index is 0.146. The Morgan fingerprint density at radius 2 is 1.78 bits per heavy atom. The van der Waals surface area contributed by atoms with Crippen molar-refractivity contribution >= 4 is 5.91 Å². The van der Waals surface area contributed by atoms with Crippen LogP contribution in [0.5, 0.6) is 0 Å². The lowest BCUT2D eigenvalue weighted by Gasteiger charge is -2.30. The molecule has 0 unspecified atom stereocenters. The third-order valence-corrected chi connectivity index (χ3v) is 4.39. The number of carbonyl (C=O) groups excluding carboxylic acids is 1.